The van der Waals surface area contributed by atoms with Crippen LogP contribution in [0.3, 0.4) is 0 Å². The van der Waals surface area contributed by atoms with Crippen molar-refractivity contribution in [3.05, 3.63) is 59.0 Å². The molecule has 3 rings (SSSR count). The maximum Gasteiger partial charge on any atom is 0.144 e. The van der Waals surface area contributed by atoms with Gasteiger partial charge in [0.1, 0.15) is 17.7 Å². The van der Waals surface area contributed by atoms with Crippen LogP contribution in [0.15, 0.2) is 36.5 Å². The number of hydrogen-bond acceptors (Lipinski definition) is 3. The van der Waals surface area contributed by atoms with Crippen molar-refractivity contribution >= 4 is 5.82 Å². The van der Waals surface area contributed by atoms with Gasteiger partial charge in [-0.25, -0.2) is 9.37 Å². The zero-order chi connectivity index (χ0) is 13.2. The Bertz CT molecular complexity index is 661. The van der Waals surface area contributed by atoms with Gasteiger partial charge in [-0.1, -0.05) is 6.07 Å². The van der Waals surface area contributed by atoms with E-state index in [4.69, 9.17) is 5.26 Å². The van der Waals surface area contributed by atoms with Crippen molar-refractivity contribution in [3.63, 3.8) is 0 Å². The summed E-state index contributed by atoms with van der Waals surface area (Å²) in [4.78, 5) is 4.18. The number of nitrogens with zero attached hydrogens (tertiary/aromatic N) is 2. The highest BCUT2D eigenvalue weighted by Crippen LogP contribution is 2.34. The predicted molar refractivity (Wildman–Crippen MR) is 70.0 cm³/mol. The van der Waals surface area contributed by atoms with E-state index in [1.165, 1.54) is 6.07 Å². The number of anilines is 1. The number of nitriles is 1. The molecule has 94 valence electrons. The van der Waals surface area contributed by atoms with E-state index in [0.29, 0.717) is 11.4 Å². The summed E-state index contributed by atoms with van der Waals surface area (Å²) in [7, 11) is 0. The third kappa shape index (κ3) is 2.15. The Morgan fingerprint density at radius 3 is 3.11 bits per heavy atom. The van der Waals surface area contributed by atoms with Crippen LogP contribution in [0, 0.1) is 17.1 Å². The lowest BCUT2D eigenvalue weighted by Crippen LogP contribution is -2.09. The van der Waals surface area contributed by atoms with Gasteiger partial charge in [0.25, 0.3) is 0 Å². The van der Waals surface area contributed by atoms with E-state index < -0.39 is 0 Å². The molecule has 1 N–H and O–H groups in total. The highest BCUT2D eigenvalue weighted by molar-refractivity contribution is 5.53. The van der Waals surface area contributed by atoms with Crippen molar-refractivity contribution in [2.45, 2.75) is 18.9 Å². The molecule has 1 unspecified atom stereocenters. The zero-order valence-corrected chi connectivity index (χ0v) is 10.2. The van der Waals surface area contributed by atoms with Crippen molar-refractivity contribution in [3.8, 4) is 6.07 Å². The van der Waals surface area contributed by atoms with Gasteiger partial charge in [-0.3, -0.25) is 0 Å². The van der Waals surface area contributed by atoms with Gasteiger partial charge in [-0.15, -0.1) is 0 Å². The summed E-state index contributed by atoms with van der Waals surface area (Å²) in [6.07, 6.45) is 3.45. The smallest absolute Gasteiger partial charge is 0.144 e. The summed E-state index contributed by atoms with van der Waals surface area (Å²) in [5.41, 5.74) is 2.63. The van der Waals surface area contributed by atoms with Gasteiger partial charge < -0.3 is 5.32 Å². The third-order valence-corrected chi connectivity index (χ3v) is 3.42. The van der Waals surface area contributed by atoms with Crippen molar-refractivity contribution in [1.82, 2.24) is 4.98 Å². The molecule has 0 amide bonds. The maximum atomic E-state index is 13.3. The summed E-state index contributed by atoms with van der Waals surface area (Å²) in [5.74, 6) is 0.334. The lowest BCUT2D eigenvalue weighted by Gasteiger charge is -2.15. The average Bonchev–Trinajstić information content (AvgIpc) is 2.82. The summed E-state index contributed by atoms with van der Waals surface area (Å²) in [6, 6.07) is 10.5. The van der Waals surface area contributed by atoms with E-state index in [1.54, 1.807) is 24.4 Å². The Morgan fingerprint density at radius 2 is 2.26 bits per heavy atom. The number of rotatable bonds is 2. The van der Waals surface area contributed by atoms with E-state index in [0.717, 1.165) is 24.0 Å². The molecule has 1 heterocycles. The van der Waals surface area contributed by atoms with Crippen molar-refractivity contribution in [2.24, 2.45) is 0 Å². The SMILES string of the molecule is N#Cc1cccnc1NC1CCc2ccc(F)cc21. The number of fused-ring (bicyclic) bond motifs is 1. The van der Waals surface area contributed by atoms with Gasteiger partial charge >= 0.3 is 0 Å². The quantitative estimate of drug-likeness (QED) is 0.894. The lowest BCUT2D eigenvalue weighted by molar-refractivity contribution is 0.624. The monoisotopic (exact) mass is 253 g/mol. The van der Waals surface area contributed by atoms with Crippen LogP contribution < -0.4 is 5.32 Å². The van der Waals surface area contributed by atoms with Crippen LogP contribution in [0.2, 0.25) is 0 Å². The van der Waals surface area contributed by atoms with Crippen molar-refractivity contribution < 1.29 is 4.39 Å². The minimum atomic E-state index is -0.228. The molecule has 0 aliphatic heterocycles. The Kier molecular flexibility index (Phi) is 2.88. The number of benzene rings is 1. The standard InChI is InChI=1S/C15H12FN3/c16-12-5-3-10-4-6-14(13(10)8-12)19-15-11(9-17)2-1-7-18-15/h1-3,5,7-8,14H,4,6H2,(H,18,19). The normalized spacial score (nSPS) is 16.7. The first kappa shape index (κ1) is 11.7. The highest BCUT2D eigenvalue weighted by atomic mass is 19.1. The molecule has 0 bridgehead atoms. The number of nitrogens with one attached hydrogen (secondary N) is 1. The first-order chi connectivity index (χ1) is 9.28. The molecule has 0 fully saturated rings. The highest BCUT2D eigenvalue weighted by Gasteiger charge is 2.23. The molecular formula is C15H12FN3. The largest absolute Gasteiger partial charge is 0.362 e. The number of pyridine rings is 1. The number of aryl methyl sites for hydroxylation is 1. The number of aromatic nitrogens is 1. The third-order valence-electron chi connectivity index (χ3n) is 3.42. The van der Waals surface area contributed by atoms with Gasteiger partial charge in [-0.05, 0) is 48.2 Å². The Morgan fingerprint density at radius 1 is 1.37 bits per heavy atom. The van der Waals surface area contributed by atoms with E-state index >= 15 is 0 Å². The molecule has 2 aromatic rings. The molecule has 1 aromatic heterocycles. The maximum absolute atomic E-state index is 13.3. The fourth-order valence-corrected chi connectivity index (χ4v) is 2.50. The number of halogens is 1. The van der Waals surface area contributed by atoms with Gasteiger partial charge in [0.2, 0.25) is 0 Å². The summed E-state index contributed by atoms with van der Waals surface area (Å²) < 4.78 is 13.3. The minimum absolute atomic E-state index is 0.0210. The summed E-state index contributed by atoms with van der Waals surface area (Å²) in [5, 5.41) is 12.3. The van der Waals surface area contributed by atoms with E-state index in [-0.39, 0.29) is 11.9 Å². The van der Waals surface area contributed by atoms with E-state index in [1.807, 2.05) is 6.07 Å². The first-order valence-corrected chi connectivity index (χ1v) is 6.18. The van der Waals surface area contributed by atoms with Crippen LogP contribution in [0.5, 0.6) is 0 Å². The molecule has 0 spiro atoms. The molecule has 19 heavy (non-hydrogen) atoms. The molecular weight excluding hydrogens is 241 g/mol. The molecule has 4 heteroatoms. The molecule has 0 saturated carbocycles. The number of hydrogen-bond donors (Lipinski definition) is 1. The van der Waals surface area contributed by atoms with Crippen LogP contribution in [-0.4, -0.2) is 4.98 Å². The molecule has 0 saturated heterocycles. The Hall–Kier alpha value is -2.41. The minimum Gasteiger partial charge on any atom is -0.362 e. The second-order valence-corrected chi connectivity index (χ2v) is 4.59. The molecule has 0 radical (unpaired) electrons. The van der Waals surface area contributed by atoms with Crippen molar-refractivity contribution in [1.29, 1.82) is 5.26 Å². The van der Waals surface area contributed by atoms with Crippen LogP contribution >= 0.6 is 0 Å². The van der Waals surface area contributed by atoms with Gasteiger partial charge in [0.05, 0.1) is 11.6 Å². The second kappa shape index (κ2) is 4.69. The molecule has 3 nitrogen and oxygen atoms in total. The van der Waals surface area contributed by atoms with Gasteiger partial charge in [-0.2, -0.15) is 5.26 Å². The van der Waals surface area contributed by atoms with Crippen LogP contribution in [-0.2, 0) is 6.42 Å². The van der Waals surface area contributed by atoms with Gasteiger partial charge in [0, 0.05) is 6.20 Å². The molecule has 1 aliphatic carbocycles. The molecule has 1 aliphatic rings. The molecule has 1 atom stereocenters. The van der Waals surface area contributed by atoms with Crippen LogP contribution in [0.25, 0.3) is 0 Å². The van der Waals surface area contributed by atoms with E-state index in [2.05, 4.69) is 16.4 Å². The fourth-order valence-electron chi connectivity index (χ4n) is 2.50. The summed E-state index contributed by atoms with van der Waals surface area (Å²) in [6.45, 7) is 0. The van der Waals surface area contributed by atoms with Crippen LogP contribution in [0.1, 0.15) is 29.2 Å². The topological polar surface area (TPSA) is 48.7 Å². The average molecular weight is 253 g/mol. The zero-order valence-electron chi connectivity index (χ0n) is 10.2. The summed E-state index contributed by atoms with van der Waals surface area (Å²) >= 11 is 0. The Balaban J connectivity index is 1.91. The van der Waals surface area contributed by atoms with Crippen molar-refractivity contribution in [2.75, 3.05) is 5.32 Å². The molecule has 1 aromatic carbocycles. The van der Waals surface area contributed by atoms with E-state index in [9.17, 15) is 4.39 Å². The second-order valence-electron chi connectivity index (χ2n) is 4.59. The fraction of sp³-hybridized carbons (Fsp3) is 0.200. The lowest BCUT2D eigenvalue weighted by atomic mass is 10.1. The first-order valence-electron chi connectivity index (χ1n) is 6.18. The van der Waals surface area contributed by atoms with Gasteiger partial charge in [0.15, 0.2) is 0 Å². The Labute approximate surface area is 110 Å². The van der Waals surface area contributed by atoms with Crippen LogP contribution in [0.4, 0.5) is 10.2 Å². The predicted octanol–water partition coefficient (Wildman–Crippen LogP) is 3.19.